The normalized spacial score (nSPS) is 9.92. The Hall–Kier alpha value is -1.03. The Bertz CT molecular complexity index is 301. The van der Waals surface area contributed by atoms with Crippen LogP contribution in [0.1, 0.15) is 12.6 Å². The maximum absolute atomic E-state index is 10.3. The molecular weight excluding hydrogens is 186 g/mol. The minimum absolute atomic E-state index is 0.104. The summed E-state index contributed by atoms with van der Waals surface area (Å²) in [7, 11) is 0. The summed E-state index contributed by atoms with van der Waals surface area (Å²) in [5.41, 5.74) is 0.996. The van der Waals surface area contributed by atoms with Crippen LogP contribution in [0.25, 0.3) is 0 Å². The maximum Gasteiger partial charge on any atom is 0.313 e. The quantitative estimate of drug-likeness (QED) is 0.748. The van der Waals surface area contributed by atoms with E-state index in [0.29, 0.717) is 0 Å². The predicted octanol–water partition coefficient (Wildman–Crippen LogP) is 1.82. The fraction of sp³-hybridized carbons (Fsp3) is 0.333. The van der Waals surface area contributed by atoms with Gasteiger partial charge in [0.15, 0.2) is 0 Å². The number of pyridine rings is 1. The number of hydrogen-bond donors (Lipinski definition) is 1. The number of carbonyl (C=O) groups is 1. The number of aliphatic carboxylic acids is 1. The molecule has 0 amide bonds. The Morgan fingerprint density at radius 3 is 3.08 bits per heavy atom. The van der Waals surface area contributed by atoms with Gasteiger partial charge >= 0.3 is 5.97 Å². The molecule has 0 aliphatic heterocycles. The molecular formula is C9H11NO2S. The van der Waals surface area contributed by atoms with Gasteiger partial charge in [0.1, 0.15) is 0 Å². The molecule has 0 spiro atoms. The van der Waals surface area contributed by atoms with Crippen molar-refractivity contribution in [2.75, 3.05) is 5.75 Å². The first-order valence-electron chi connectivity index (χ1n) is 4.02. The molecule has 0 atom stereocenters. The van der Waals surface area contributed by atoms with Crippen LogP contribution in [0, 0.1) is 0 Å². The highest BCUT2D eigenvalue weighted by atomic mass is 32.2. The molecule has 0 fully saturated rings. The molecule has 4 heteroatoms. The van der Waals surface area contributed by atoms with E-state index in [4.69, 9.17) is 5.11 Å². The zero-order valence-corrected chi connectivity index (χ0v) is 8.17. The van der Waals surface area contributed by atoms with Crippen molar-refractivity contribution in [2.45, 2.75) is 18.2 Å². The number of rotatable bonds is 4. The van der Waals surface area contributed by atoms with Crippen LogP contribution in [-0.2, 0) is 11.2 Å². The number of nitrogens with zero attached hydrogens (tertiary/aromatic N) is 1. The van der Waals surface area contributed by atoms with E-state index >= 15 is 0 Å². The Labute approximate surface area is 81.2 Å². The lowest BCUT2D eigenvalue weighted by Crippen LogP contribution is -1.97. The van der Waals surface area contributed by atoms with Crippen LogP contribution in [0.5, 0.6) is 0 Å². The lowest BCUT2D eigenvalue weighted by atomic mass is 10.3. The van der Waals surface area contributed by atoms with Crippen molar-refractivity contribution in [3.63, 3.8) is 0 Å². The van der Waals surface area contributed by atoms with Crippen LogP contribution >= 0.6 is 11.8 Å². The molecule has 1 aromatic heterocycles. The van der Waals surface area contributed by atoms with E-state index < -0.39 is 5.97 Å². The minimum atomic E-state index is -0.792. The van der Waals surface area contributed by atoms with Gasteiger partial charge < -0.3 is 5.11 Å². The summed E-state index contributed by atoms with van der Waals surface area (Å²) in [6.45, 7) is 2.02. The third-order valence-electron chi connectivity index (χ3n) is 1.51. The summed E-state index contributed by atoms with van der Waals surface area (Å²) in [5, 5.41) is 8.46. The lowest BCUT2D eigenvalue weighted by Gasteiger charge is -2.00. The summed E-state index contributed by atoms with van der Waals surface area (Å²) < 4.78 is 0. The van der Waals surface area contributed by atoms with Gasteiger partial charge in [0.25, 0.3) is 0 Å². The Morgan fingerprint density at radius 2 is 2.46 bits per heavy atom. The van der Waals surface area contributed by atoms with Gasteiger partial charge in [0.2, 0.25) is 0 Å². The van der Waals surface area contributed by atoms with Crippen molar-refractivity contribution in [1.82, 2.24) is 4.98 Å². The molecule has 0 saturated carbocycles. The van der Waals surface area contributed by atoms with Gasteiger partial charge in [-0.3, -0.25) is 9.78 Å². The van der Waals surface area contributed by atoms with E-state index in [0.717, 1.165) is 17.0 Å². The first-order valence-corrected chi connectivity index (χ1v) is 5.00. The van der Waals surface area contributed by atoms with Crippen molar-refractivity contribution in [2.24, 2.45) is 0 Å². The zero-order valence-electron chi connectivity index (χ0n) is 7.36. The monoisotopic (exact) mass is 197 g/mol. The van der Waals surface area contributed by atoms with Gasteiger partial charge in [-0.1, -0.05) is 6.92 Å². The molecule has 0 unspecified atom stereocenters. The average Bonchev–Trinajstić information content (AvgIpc) is 2.15. The Kier molecular flexibility index (Phi) is 3.76. The summed E-state index contributed by atoms with van der Waals surface area (Å²) >= 11 is 1.32. The van der Waals surface area contributed by atoms with E-state index in [1.54, 1.807) is 6.20 Å². The molecule has 3 nitrogen and oxygen atoms in total. The van der Waals surface area contributed by atoms with Crippen molar-refractivity contribution >= 4 is 17.7 Å². The fourth-order valence-electron chi connectivity index (χ4n) is 0.884. The van der Waals surface area contributed by atoms with Gasteiger partial charge in [0.05, 0.1) is 5.75 Å². The van der Waals surface area contributed by atoms with E-state index in [2.05, 4.69) is 4.98 Å². The van der Waals surface area contributed by atoms with E-state index in [1.807, 2.05) is 19.1 Å². The second-order valence-corrected chi connectivity index (χ2v) is 3.57. The summed E-state index contributed by atoms with van der Waals surface area (Å²) in [5.74, 6) is -0.687. The number of carboxylic acid groups (broad SMARTS) is 1. The third-order valence-corrected chi connectivity index (χ3v) is 2.49. The summed E-state index contributed by atoms with van der Waals surface area (Å²) in [6, 6.07) is 3.75. The molecule has 0 bridgehead atoms. The Balaban J connectivity index is 2.61. The zero-order chi connectivity index (χ0) is 9.68. The van der Waals surface area contributed by atoms with Gasteiger partial charge in [-0.05, 0) is 18.6 Å². The van der Waals surface area contributed by atoms with Gasteiger partial charge in [-0.2, -0.15) is 0 Å². The van der Waals surface area contributed by atoms with Crippen LogP contribution in [-0.4, -0.2) is 21.8 Å². The van der Waals surface area contributed by atoms with Gasteiger partial charge in [-0.15, -0.1) is 11.8 Å². The lowest BCUT2D eigenvalue weighted by molar-refractivity contribution is -0.133. The van der Waals surface area contributed by atoms with Crippen molar-refractivity contribution in [3.8, 4) is 0 Å². The molecule has 0 aromatic carbocycles. The van der Waals surface area contributed by atoms with Gasteiger partial charge in [-0.25, -0.2) is 0 Å². The van der Waals surface area contributed by atoms with Gasteiger partial charge in [0, 0.05) is 16.8 Å². The molecule has 13 heavy (non-hydrogen) atoms. The summed E-state index contributed by atoms with van der Waals surface area (Å²) in [6.07, 6.45) is 2.59. The standard InChI is InChI=1S/C9H11NO2S/c1-2-7-5-8(3-4-10-7)13-6-9(11)12/h3-5H,2,6H2,1H3,(H,11,12). The molecule has 70 valence electrons. The van der Waals surface area contributed by atoms with E-state index in [1.165, 1.54) is 11.8 Å². The molecule has 0 aliphatic carbocycles. The summed E-state index contributed by atoms with van der Waals surface area (Å²) in [4.78, 5) is 15.4. The number of thioether (sulfide) groups is 1. The third kappa shape index (κ3) is 3.46. The highest BCUT2D eigenvalue weighted by Gasteiger charge is 2.00. The molecule has 0 saturated heterocycles. The molecule has 1 heterocycles. The first-order chi connectivity index (χ1) is 6.22. The second kappa shape index (κ2) is 4.87. The van der Waals surface area contributed by atoms with Crippen molar-refractivity contribution in [3.05, 3.63) is 24.0 Å². The van der Waals surface area contributed by atoms with Crippen molar-refractivity contribution < 1.29 is 9.90 Å². The smallest absolute Gasteiger partial charge is 0.313 e. The molecule has 0 aliphatic rings. The van der Waals surface area contributed by atoms with E-state index in [-0.39, 0.29) is 5.75 Å². The van der Waals surface area contributed by atoms with Crippen LogP contribution in [0.2, 0.25) is 0 Å². The minimum Gasteiger partial charge on any atom is -0.481 e. The van der Waals surface area contributed by atoms with Crippen LogP contribution < -0.4 is 0 Å². The number of aryl methyl sites for hydroxylation is 1. The highest BCUT2D eigenvalue weighted by Crippen LogP contribution is 2.17. The average molecular weight is 197 g/mol. The van der Waals surface area contributed by atoms with Crippen LogP contribution in [0.15, 0.2) is 23.2 Å². The van der Waals surface area contributed by atoms with Crippen molar-refractivity contribution in [1.29, 1.82) is 0 Å². The predicted molar refractivity (Wildman–Crippen MR) is 52.0 cm³/mol. The first kappa shape index (κ1) is 10.1. The topological polar surface area (TPSA) is 50.2 Å². The Morgan fingerprint density at radius 1 is 1.69 bits per heavy atom. The number of aromatic nitrogens is 1. The van der Waals surface area contributed by atoms with Crippen LogP contribution in [0.3, 0.4) is 0 Å². The molecule has 1 rings (SSSR count). The highest BCUT2D eigenvalue weighted by molar-refractivity contribution is 8.00. The largest absolute Gasteiger partial charge is 0.481 e. The SMILES string of the molecule is CCc1cc(SCC(=O)O)ccn1. The number of carboxylic acids is 1. The molecule has 0 radical (unpaired) electrons. The second-order valence-electron chi connectivity index (χ2n) is 2.52. The fourth-order valence-corrected chi connectivity index (χ4v) is 1.55. The molecule has 1 aromatic rings. The maximum atomic E-state index is 10.3. The number of hydrogen-bond acceptors (Lipinski definition) is 3. The van der Waals surface area contributed by atoms with Crippen LogP contribution in [0.4, 0.5) is 0 Å². The molecule has 1 N–H and O–H groups in total. The van der Waals surface area contributed by atoms with E-state index in [9.17, 15) is 4.79 Å².